The lowest BCUT2D eigenvalue weighted by atomic mass is 9.98. The van der Waals surface area contributed by atoms with Crippen LogP contribution in [0.3, 0.4) is 0 Å². The third-order valence-electron chi connectivity index (χ3n) is 4.11. The number of nitrogens with one attached hydrogen (secondary N) is 1. The van der Waals surface area contributed by atoms with Crippen molar-refractivity contribution >= 4 is 16.8 Å². The number of benzene rings is 1. The van der Waals surface area contributed by atoms with Gasteiger partial charge in [0, 0.05) is 48.6 Å². The maximum absolute atomic E-state index is 11.6. The molecule has 2 aromatic rings. The predicted octanol–water partition coefficient (Wildman–Crippen LogP) is 3.20. The molecule has 3 nitrogen and oxygen atoms in total. The predicted molar refractivity (Wildman–Crippen MR) is 77.2 cm³/mol. The van der Waals surface area contributed by atoms with Crippen LogP contribution >= 0.6 is 0 Å². The highest BCUT2D eigenvalue weighted by molar-refractivity contribution is 5.86. The first kappa shape index (κ1) is 12.3. The van der Waals surface area contributed by atoms with Crippen molar-refractivity contribution in [2.24, 2.45) is 0 Å². The molecule has 0 aliphatic carbocycles. The van der Waals surface area contributed by atoms with Gasteiger partial charge in [0.2, 0.25) is 5.91 Å². The fourth-order valence-corrected chi connectivity index (χ4v) is 2.86. The molecule has 1 aliphatic heterocycles. The minimum Gasteiger partial charge on any atom is -0.358 e. The van der Waals surface area contributed by atoms with E-state index in [4.69, 9.17) is 0 Å². The van der Waals surface area contributed by atoms with Gasteiger partial charge in [-0.3, -0.25) is 4.79 Å². The molecular weight excluding hydrogens is 236 g/mol. The van der Waals surface area contributed by atoms with Gasteiger partial charge in [0.25, 0.3) is 0 Å². The van der Waals surface area contributed by atoms with Crippen LogP contribution in [0, 0.1) is 0 Å². The molecule has 0 fully saturated rings. The minimum atomic E-state index is 0.167. The lowest BCUT2D eigenvalue weighted by Gasteiger charge is -2.26. The lowest BCUT2D eigenvalue weighted by Crippen LogP contribution is -2.33. The third-order valence-corrected chi connectivity index (χ3v) is 4.11. The van der Waals surface area contributed by atoms with Gasteiger partial charge < -0.3 is 9.88 Å². The van der Waals surface area contributed by atoms with E-state index in [-0.39, 0.29) is 5.91 Å². The van der Waals surface area contributed by atoms with E-state index in [2.05, 4.69) is 37.0 Å². The van der Waals surface area contributed by atoms with Crippen molar-refractivity contribution in [1.29, 1.82) is 0 Å². The smallest absolute Gasteiger partial charge is 0.219 e. The Morgan fingerprint density at radius 1 is 1.37 bits per heavy atom. The molecule has 1 aromatic heterocycles. The Kier molecular flexibility index (Phi) is 2.85. The molecule has 1 aromatic carbocycles. The Hall–Kier alpha value is -1.77. The van der Waals surface area contributed by atoms with Gasteiger partial charge in [-0.15, -0.1) is 0 Å². The molecule has 2 heterocycles. The van der Waals surface area contributed by atoms with Gasteiger partial charge in [0.15, 0.2) is 0 Å². The van der Waals surface area contributed by atoms with Gasteiger partial charge in [0.05, 0.1) is 0 Å². The topological polar surface area (TPSA) is 36.1 Å². The first-order valence-electron chi connectivity index (χ1n) is 6.95. The van der Waals surface area contributed by atoms with Crippen LogP contribution in [-0.2, 0) is 17.8 Å². The van der Waals surface area contributed by atoms with Crippen LogP contribution < -0.4 is 0 Å². The summed E-state index contributed by atoms with van der Waals surface area (Å²) in [5, 5.41) is 1.28. The molecule has 0 radical (unpaired) electrons. The number of rotatable bonds is 1. The number of fused-ring (bicyclic) bond motifs is 3. The summed E-state index contributed by atoms with van der Waals surface area (Å²) in [6, 6.07) is 6.64. The van der Waals surface area contributed by atoms with Crippen LogP contribution in [0.1, 0.15) is 43.5 Å². The van der Waals surface area contributed by atoms with Gasteiger partial charge in [-0.25, -0.2) is 0 Å². The molecule has 0 unspecified atom stereocenters. The molecular formula is C16H20N2O. The molecule has 0 saturated heterocycles. The van der Waals surface area contributed by atoms with E-state index in [0.29, 0.717) is 5.92 Å². The van der Waals surface area contributed by atoms with Crippen LogP contribution in [0.15, 0.2) is 18.2 Å². The quantitative estimate of drug-likeness (QED) is 0.835. The lowest BCUT2D eigenvalue weighted by molar-refractivity contribution is -0.129. The number of carbonyl (C=O) groups is 1. The highest BCUT2D eigenvalue weighted by Gasteiger charge is 2.22. The van der Waals surface area contributed by atoms with E-state index in [0.717, 1.165) is 19.5 Å². The van der Waals surface area contributed by atoms with Crippen LogP contribution in [0.4, 0.5) is 0 Å². The number of H-pyrrole nitrogens is 1. The summed E-state index contributed by atoms with van der Waals surface area (Å²) < 4.78 is 0. The average Bonchev–Trinajstić information content (AvgIpc) is 2.75. The van der Waals surface area contributed by atoms with Crippen molar-refractivity contribution in [2.75, 3.05) is 6.54 Å². The largest absolute Gasteiger partial charge is 0.358 e. The van der Waals surface area contributed by atoms with E-state index < -0.39 is 0 Å². The van der Waals surface area contributed by atoms with Gasteiger partial charge in [-0.1, -0.05) is 19.9 Å². The number of nitrogens with zero attached hydrogens (tertiary/aromatic N) is 1. The molecule has 0 saturated carbocycles. The van der Waals surface area contributed by atoms with E-state index in [1.165, 1.54) is 27.7 Å². The van der Waals surface area contributed by atoms with Crippen molar-refractivity contribution in [3.8, 4) is 0 Å². The van der Waals surface area contributed by atoms with Crippen LogP contribution in [-0.4, -0.2) is 22.3 Å². The van der Waals surface area contributed by atoms with Gasteiger partial charge in [-0.05, 0) is 23.6 Å². The molecule has 3 heteroatoms. The summed E-state index contributed by atoms with van der Waals surface area (Å²) in [6.45, 7) is 7.64. The number of hydrogen-bond donors (Lipinski definition) is 1. The monoisotopic (exact) mass is 256 g/mol. The summed E-state index contributed by atoms with van der Waals surface area (Å²) in [5.74, 6) is 0.697. The Labute approximate surface area is 113 Å². The van der Waals surface area contributed by atoms with Gasteiger partial charge >= 0.3 is 0 Å². The first-order valence-corrected chi connectivity index (χ1v) is 6.95. The second kappa shape index (κ2) is 4.41. The van der Waals surface area contributed by atoms with E-state index in [1.54, 1.807) is 6.92 Å². The second-order valence-electron chi connectivity index (χ2n) is 5.73. The zero-order valence-corrected chi connectivity index (χ0v) is 11.8. The Morgan fingerprint density at radius 2 is 2.16 bits per heavy atom. The standard InChI is InChI=1S/C16H20N2O/c1-10(2)12-4-5-15-13(8-12)14-9-18(11(3)19)7-6-16(14)17-15/h4-5,8,10,17H,6-7,9H2,1-3H3. The number of hydrogen-bond acceptors (Lipinski definition) is 1. The average molecular weight is 256 g/mol. The molecule has 3 rings (SSSR count). The number of aromatic amines is 1. The summed E-state index contributed by atoms with van der Waals surface area (Å²) >= 11 is 0. The fraction of sp³-hybridized carbons (Fsp3) is 0.438. The van der Waals surface area contributed by atoms with Crippen LogP contribution in [0.25, 0.3) is 10.9 Å². The maximum Gasteiger partial charge on any atom is 0.219 e. The van der Waals surface area contributed by atoms with Crippen molar-refractivity contribution < 1.29 is 4.79 Å². The highest BCUT2D eigenvalue weighted by Crippen LogP contribution is 2.30. The molecule has 0 atom stereocenters. The summed E-state index contributed by atoms with van der Waals surface area (Å²) in [4.78, 5) is 17.0. The van der Waals surface area contributed by atoms with E-state index in [9.17, 15) is 4.79 Å². The molecule has 1 N–H and O–H groups in total. The fourth-order valence-electron chi connectivity index (χ4n) is 2.86. The van der Waals surface area contributed by atoms with Crippen molar-refractivity contribution in [2.45, 2.75) is 39.7 Å². The first-order chi connectivity index (χ1) is 9.06. The Balaban J connectivity index is 2.10. The normalized spacial score (nSPS) is 15.1. The molecule has 0 bridgehead atoms. The zero-order chi connectivity index (χ0) is 13.6. The van der Waals surface area contributed by atoms with E-state index >= 15 is 0 Å². The third kappa shape index (κ3) is 2.03. The SMILES string of the molecule is CC(=O)N1CCc2[nH]c3ccc(C(C)C)cc3c2C1. The van der Waals surface area contributed by atoms with Crippen LogP contribution in [0.2, 0.25) is 0 Å². The van der Waals surface area contributed by atoms with Crippen molar-refractivity contribution in [1.82, 2.24) is 9.88 Å². The van der Waals surface area contributed by atoms with Gasteiger partial charge in [0.1, 0.15) is 0 Å². The number of amides is 1. The maximum atomic E-state index is 11.6. The number of carbonyl (C=O) groups excluding carboxylic acids is 1. The van der Waals surface area contributed by atoms with Crippen molar-refractivity contribution in [3.63, 3.8) is 0 Å². The molecule has 1 aliphatic rings. The number of aromatic nitrogens is 1. The van der Waals surface area contributed by atoms with Crippen LogP contribution in [0.5, 0.6) is 0 Å². The zero-order valence-electron chi connectivity index (χ0n) is 11.8. The molecule has 0 spiro atoms. The second-order valence-corrected chi connectivity index (χ2v) is 5.73. The minimum absolute atomic E-state index is 0.167. The molecule has 1 amide bonds. The summed E-state index contributed by atoms with van der Waals surface area (Å²) in [5.41, 5.74) is 5.15. The highest BCUT2D eigenvalue weighted by atomic mass is 16.2. The molecule has 100 valence electrons. The Morgan fingerprint density at radius 3 is 2.84 bits per heavy atom. The van der Waals surface area contributed by atoms with E-state index in [1.807, 2.05) is 4.90 Å². The molecule has 19 heavy (non-hydrogen) atoms. The Bertz CT molecular complexity index is 639. The summed E-state index contributed by atoms with van der Waals surface area (Å²) in [6.07, 6.45) is 0.931. The van der Waals surface area contributed by atoms with Gasteiger partial charge in [-0.2, -0.15) is 0 Å². The summed E-state index contributed by atoms with van der Waals surface area (Å²) in [7, 11) is 0. The van der Waals surface area contributed by atoms with Crippen molar-refractivity contribution in [3.05, 3.63) is 35.0 Å².